The van der Waals surface area contributed by atoms with Gasteiger partial charge in [-0.3, -0.25) is 4.79 Å². The first-order chi connectivity index (χ1) is 9.61. The second kappa shape index (κ2) is 6.38. The number of carboxylic acids is 1. The molecule has 1 saturated heterocycles. The van der Waals surface area contributed by atoms with Crippen LogP contribution in [0.4, 0.5) is 0 Å². The minimum absolute atomic E-state index is 0.384. The van der Waals surface area contributed by atoms with E-state index in [0.29, 0.717) is 24.3 Å². The summed E-state index contributed by atoms with van der Waals surface area (Å²) in [7, 11) is 1.53. The SMILES string of the molecule is COc1ccc(C(NC(=O)[C@@H]2CCCO2)C(=O)O)cc1. The van der Waals surface area contributed by atoms with Crippen LogP contribution in [-0.4, -0.2) is 36.8 Å². The second-order valence-electron chi connectivity index (χ2n) is 4.55. The van der Waals surface area contributed by atoms with Gasteiger partial charge in [0.05, 0.1) is 7.11 Å². The van der Waals surface area contributed by atoms with Crippen molar-refractivity contribution in [3.05, 3.63) is 29.8 Å². The van der Waals surface area contributed by atoms with Crippen LogP contribution in [0.5, 0.6) is 5.75 Å². The van der Waals surface area contributed by atoms with E-state index in [4.69, 9.17) is 9.47 Å². The maximum absolute atomic E-state index is 11.9. The fourth-order valence-electron chi connectivity index (χ4n) is 2.10. The Morgan fingerprint density at radius 1 is 1.40 bits per heavy atom. The van der Waals surface area contributed by atoms with E-state index < -0.39 is 18.1 Å². The van der Waals surface area contributed by atoms with Crippen LogP contribution in [-0.2, 0) is 14.3 Å². The number of benzene rings is 1. The fraction of sp³-hybridized carbons (Fsp3) is 0.429. The van der Waals surface area contributed by atoms with E-state index in [1.54, 1.807) is 24.3 Å². The lowest BCUT2D eigenvalue weighted by Crippen LogP contribution is -2.40. The van der Waals surface area contributed by atoms with Gasteiger partial charge in [-0.15, -0.1) is 0 Å². The summed E-state index contributed by atoms with van der Waals surface area (Å²) in [5.74, 6) is -0.865. The Kier molecular flexibility index (Phi) is 4.57. The van der Waals surface area contributed by atoms with Crippen LogP contribution in [0.15, 0.2) is 24.3 Å². The number of methoxy groups -OCH3 is 1. The Bertz CT molecular complexity index is 479. The molecule has 1 unspecified atom stereocenters. The number of aliphatic carboxylic acids is 1. The molecule has 0 spiro atoms. The molecule has 0 aliphatic carbocycles. The smallest absolute Gasteiger partial charge is 0.330 e. The standard InChI is InChI=1S/C14H17NO5/c1-19-10-6-4-9(5-7-10)12(14(17)18)15-13(16)11-3-2-8-20-11/h4-7,11-12H,2-3,8H2,1H3,(H,15,16)(H,17,18)/t11-,12?/m0/s1. The zero-order valence-corrected chi connectivity index (χ0v) is 11.2. The summed E-state index contributed by atoms with van der Waals surface area (Å²) < 4.78 is 10.3. The molecule has 20 heavy (non-hydrogen) atoms. The zero-order chi connectivity index (χ0) is 14.5. The van der Waals surface area contributed by atoms with Gasteiger partial charge in [0.25, 0.3) is 0 Å². The molecule has 1 heterocycles. The van der Waals surface area contributed by atoms with Crippen molar-refractivity contribution < 1.29 is 24.2 Å². The van der Waals surface area contributed by atoms with Crippen molar-refractivity contribution in [2.75, 3.05) is 13.7 Å². The molecule has 1 aromatic rings. The van der Waals surface area contributed by atoms with Gasteiger partial charge in [-0.05, 0) is 30.5 Å². The average molecular weight is 279 g/mol. The number of ether oxygens (including phenoxy) is 2. The predicted molar refractivity (Wildman–Crippen MR) is 70.5 cm³/mol. The third kappa shape index (κ3) is 3.27. The van der Waals surface area contributed by atoms with E-state index in [9.17, 15) is 14.7 Å². The molecular formula is C14H17NO5. The lowest BCUT2D eigenvalue weighted by Gasteiger charge is -2.17. The van der Waals surface area contributed by atoms with E-state index in [2.05, 4.69) is 5.32 Å². The van der Waals surface area contributed by atoms with Crippen LogP contribution in [0.1, 0.15) is 24.4 Å². The maximum Gasteiger partial charge on any atom is 0.330 e. The lowest BCUT2D eigenvalue weighted by atomic mass is 10.1. The zero-order valence-electron chi connectivity index (χ0n) is 11.2. The van der Waals surface area contributed by atoms with E-state index >= 15 is 0 Å². The largest absolute Gasteiger partial charge is 0.497 e. The molecule has 1 fully saturated rings. The van der Waals surface area contributed by atoms with Crippen molar-refractivity contribution >= 4 is 11.9 Å². The molecule has 2 atom stereocenters. The predicted octanol–water partition coefficient (Wildman–Crippen LogP) is 1.12. The third-order valence-electron chi connectivity index (χ3n) is 3.20. The van der Waals surface area contributed by atoms with E-state index in [1.807, 2.05) is 0 Å². The first-order valence-corrected chi connectivity index (χ1v) is 6.40. The summed E-state index contributed by atoms with van der Waals surface area (Å²) in [6.07, 6.45) is 0.897. The minimum Gasteiger partial charge on any atom is -0.497 e. The summed E-state index contributed by atoms with van der Waals surface area (Å²) in [5.41, 5.74) is 0.490. The van der Waals surface area contributed by atoms with Gasteiger partial charge in [0.1, 0.15) is 11.9 Å². The topological polar surface area (TPSA) is 84.9 Å². The van der Waals surface area contributed by atoms with Gasteiger partial charge in [0.2, 0.25) is 5.91 Å². The van der Waals surface area contributed by atoms with Crippen molar-refractivity contribution in [2.45, 2.75) is 25.0 Å². The Morgan fingerprint density at radius 2 is 2.10 bits per heavy atom. The molecular weight excluding hydrogens is 262 g/mol. The summed E-state index contributed by atoms with van der Waals surface area (Å²) in [6.45, 7) is 0.540. The van der Waals surface area contributed by atoms with Crippen molar-refractivity contribution in [3.63, 3.8) is 0 Å². The number of carbonyl (C=O) groups excluding carboxylic acids is 1. The van der Waals surface area contributed by atoms with Crippen molar-refractivity contribution in [2.24, 2.45) is 0 Å². The molecule has 2 rings (SSSR count). The normalized spacial score (nSPS) is 19.4. The quantitative estimate of drug-likeness (QED) is 0.843. The van der Waals surface area contributed by atoms with Gasteiger partial charge in [0, 0.05) is 6.61 Å². The molecule has 1 aromatic carbocycles. The van der Waals surface area contributed by atoms with Crippen LogP contribution < -0.4 is 10.1 Å². The number of nitrogens with one attached hydrogen (secondary N) is 1. The number of rotatable bonds is 5. The number of hydrogen-bond donors (Lipinski definition) is 2. The number of carboxylic acid groups (broad SMARTS) is 1. The summed E-state index contributed by atoms with van der Waals surface area (Å²) in [4.78, 5) is 23.3. The van der Waals surface area contributed by atoms with Crippen molar-refractivity contribution in [1.29, 1.82) is 0 Å². The number of hydrogen-bond acceptors (Lipinski definition) is 4. The highest BCUT2D eigenvalue weighted by Crippen LogP contribution is 2.19. The minimum atomic E-state index is -1.11. The van der Waals surface area contributed by atoms with Crippen molar-refractivity contribution in [3.8, 4) is 5.75 Å². The van der Waals surface area contributed by atoms with E-state index in [-0.39, 0.29) is 5.91 Å². The monoisotopic (exact) mass is 279 g/mol. The van der Waals surface area contributed by atoms with Gasteiger partial charge in [-0.25, -0.2) is 4.79 Å². The Labute approximate surface area is 116 Å². The van der Waals surface area contributed by atoms with Crippen LogP contribution in [0, 0.1) is 0 Å². The number of carbonyl (C=O) groups is 2. The molecule has 1 amide bonds. The molecule has 1 aliphatic heterocycles. The van der Waals surface area contributed by atoms with E-state index in [1.165, 1.54) is 7.11 Å². The first-order valence-electron chi connectivity index (χ1n) is 6.40. The molecule has 2 N–H and O–H groups in total. The van der Waals surface area contributed by atoms with E-state index in [0.717, 1.165) is 6.42 Å². The molecule has 0 aromatic heterocycles. The number of amides is 1. The van der Waals surface area contributed by atoms with Crippen molar-refractivity contribution in [1.82, 2.24) is 5.32 Å². The van der Waals surface area contributed by atoms with Gasteiger partial charge in [-0.1, -0.05) is 12.1 Å². The Balaban J connectivity index is 2.09. The molecule has 0 radical (unpaired) electrons. The molecule has 6 nitrogen and oxygen atoms in total. The molecule has 6 heteroatoms. The van der Waals surface area contributed by atoms with Gasteiger partial charge >= 0.3 is 5.97 Å². The molecule has 108 valence electrons. The first kappa shape index (κ1) is 14.3. The van der Waals surface area contributed by atoms with Gasteiger partial charge in [0.15, 0.2) is 6.04 Å². The summed E-state index contributed by atoms with van der Waals surface area (Å²) in [6, 6.07) is 5.46. The Morgan fingerprint density at radius 3 is 2.60 bits per heavy atom. The second-order valence-corrected chi connectivity index (χ2v) is 4.55. The molecule has 0 bridgehead atoms. The Hall–Kier alpha value is -2.08. The van der Waals surface area contributed by atoms with Crippen LogP contribution in [0.3, 0.4) is 0 Å². The summed E-state index contributed by atoms with van der Waals surface area (Å²) in [5, 5.41) is 11.8. The lowest BCUT2D eigenvalue weighted by molar-refractivity contribution is -0.143. The van der Waals surface area contributed by atoms with Crippen LogP contribution in [0.2, 0.25) is 0 Å². The summed E-state index contributed by atoms with van der Waals surface area (Å²) >= 11 is 0. The van der Waals surface area contributed by atoms with Crippen LogP contribution in [0.25, 0.3) is 0 Å². The van der Waals surface area contributed by atoms with Crippen LogP contribution >= 0.6 is 0 Å². The highest BCUT2D eigenvalue weighted by molar-refractivity contribution is 5.87. The highest BCUT2D eigenvalue weighted by atomic mass is 16.5. The van der Waals surface area contributed by atoms with Gasteiger partial charge < -0.3 is 19.9 Å². The molecule has 0 saturated carbocycles. The maximum atomic E-state index is 11.9. The fourth-order valence-corrected chi connectivity index (χ4v) is 2.10. The molecule has 1 aliphatic rings. The third-order valence-corrected chi connectivity index (χ3v) is 3.20. The highest BCUT2D eigenvalue weighted by Gasteiger charge is 2.29. The van der Waals surface area contributed by atoms with Gasteiger partial charge in [-0.2, -0.15) is 0 Å². The average Bonchev–Trinajstić information content (AvgIpc) is 2.98.